The Morgan fingerprint density at radius 3 is 2.53 bits per heavy atom. The molecule has 3 N–H and O–H groups in total. The van der Waals surface area contributed by atoms with Crippen LogP contribution in [0.25, 0.3) is 0 Å². The zero-order chi connectivity index (χ0) is 22.8. The Hall–Kier alpha value is -2.87. The minimum absolute atomic E-state index is 0.148. The molecule has 0 aliphatic carbocycles. The van der Waals surface area contributed by atoms with Crippen LogP contribution in [0.15, 0.2) is 42.7 Å². The van der Waals surface area contributed by atoms with Crippen LogP contribution in [-0.2, 0) is 17.9 Å². The molecule has 0 saturated carbocycles. The summed E-state index contributed by atoms with van der Waals surface area (Å²) in [4.78, 5) is 27.1. The second-order valence-corrected chi connectivity index (χ2v) is 8.78. The average Bonchev–Trinajstić information content (AvgIpc) is 3.12. The molecule has 1 unspecified atom stereocenters. The third-order valence-corrected chi connectivity index (χ3v) is 5.88. The number of amides is 3. The first kappa shape index (κ1) is 23.8. The summed E-state index contributed by atoms with van der Waals surface area (Å²) in [7, 11) is 0. The van der Waals surface area contributed by atoms with E-state index in [0.29, 0.717) is 30.7 Å². The number of hydrogen-bond donors (Lipinski definition) is 3. The van der Waals surface area contributed by atoms with Gasteiger partial charge in [-0.2, -0.15) is 5.10 Å². The molecular formula is C24H36N6O2. The summed E-state index contributed by atoms with van der Waals surface area (Å²) >= 11 is 0. The number of carbonyl (C=O) groups is 2. The molecule has 1 fully saturated rings. The van der Waals surface area contributed by atoms with Crippen LogP contribution < -0.4 is 16.0 Å². The van der Waals surface area contributed by atoms with E-state index in [4.69, 9.17) is 0 Å². The van der Waals surface area contributed by atoms with E-state index in [-0.39, 0.29) is 18.5 Å². The Balaban J connectivity index is 1.44. The van der Waals surface area contributed by atoms with E-state index in [0.717, 1.165) is 18.7 Å². The highest BCUT2D eigenvalue weighted by molar-refractivity contribution is 5.90. The molecule has 0 bridgehead atoms. The van der Waals surface area contributed by atoms with Gasteiger partial charge in [-0.05, 0) is 55.6 Å². The summed E-state index contributed by atoms with van der Waals surface area (Å²) < 4.78 is 1.57. The van der Waals surface area contributed by atoms with Crippen molar-refractivity contribution < 1.29 is 9.59 Å². The van der Waals surface area contributed by atoms with Gasteiger partial charge in [0.1, 0.15) is 6.54 Å². The molecule has 1 aliphatic rings. The number of anilines is 1. The lowest BCUT2D eigenvalue weighted by Crippen LogP contribution is -2.49. The molecule has 2 heterocycles. The molecule has 0 radical (unpaired) electrons. The summed E-state index contributed by atoms with van der Waals surface area (Å²) in [6.45, 7) is 7.88. The summed E-state index contributed by atoms with van der Waals surface area (Å²) in [6.07, 6.45) is 8.47. The highest BCUT2D eigenvalue weighted by Crippen LogP contribution is 2.17. The van der Waals surface area contributed by atoms with E-state index in [1.807, 2.05) is 24.3 Å². The van der Waals surface area contributed by atoms with Crippen molar-refractivity contribution in [3.05, 3.63) is 48.3 Å². The Morgan fingerprint density at radius 2 is 1.84 bits per heavy atom. The number of likely N-dealkylation sites (tertiary alicyclic amines) is 1. The summed E-state index contributed by atoms with van der Waals surface area (Å²) in [5, 5.41) is 12.9. The van der Waals surface area contributed by atoms with Gasteiger partial charge in [-0.25, -0.2) is 4.79 Å². The molecule has 0 spiro atoms. The van der Waals surface area contributed by atoms with Crippen LogP contribution in [0, 0.1) is 5.92 Å². The number of aromatic nitrogens is 2. The van der Waals surface area contributed by atoms with Crippen molar-refractivity contribution in [1.82, 2.24) is 25.3 Å². The molecule has 1 saturated heterocycles. The Kier molecular flexibility index (Phi) is 9.10. The zero-order valence-electron chi connectivity index (χ0n) is 19.2. The van der Waals surface area contributed by atoms with Gasteiger partial charge < -0.3 is 16.0 Å². The molecule has 32 heavy (non-hydrogen) atoms. The lowest BCUT2D eigenvalue weighted by atomic mass is 10.0. The standard InChI is InChI=1S/C24H36N6O2/c1-19(2)22(29-12-5-3-4-6-13-29)17-26-24(32)25-16-20-9-7-10-21(15-20)28-23(31)18-30-14-8-11-27-30/h7-11,14-15,19,22H,3-6,12-13,16-18H2,1-2H3,(H,28,31)(H2,25,26,32). The number of hydrogen-bond acceptors (Lipinski definition) is 4. The first-order valence-corrected chi connectivity index (χ1v) is 11.6. The second kappa shape index (κ2) is 12.2. The van der Waals surface area contributed by atoms with Crippen molar-refractivity contribution in [2.24, 2.45) is 5.92 Å². The third kappa shape index (κ3) is 7.67. The molecule has 1 atom stereocenters. The van der Waals surface area contributed by atoms with Crippen LogP contribution in [0.4, 0.5) is 10.5 Å². The topological polar surface area (TPSA) is 91.3 Å². The fourth-order valence-electron chi connectivity index (χ4n) is 4.16. The van der Waals surface area contributed by atoms with Crippen LogP contribution in [-0.4, -0.2) is 52.3 Å². The van der Waals surface area contributed by atoms with E-state index in [1.54, 1.807) is 23.1 Å². The molecule has 2 aromatic rings. The predicted octanol–water partition coefficient (Wildman–Crippen LogP) is 3.22. The number of benzene rings is 1. The van der Waals surface area contributed by atoms with Crippen molar-refractivity contribution in [2.45, 2.75) is 58.7 Å². The van der Waals surface area contributed by atoms with Crippen molar-refractivity contribution in [3.63, 3.8) is 0 Å². The Bertz CT molecular complexity index is 844. The van der Waals surface area contributed by atoms with Gasteiger partial charge in [0, 0.05) is 37.2 Å². The van der Waals surface area contributed by atoms with Gasteiger partial charge in [0.05, 0.1) is 0 Å². The fourth-order valence-corrected chi connectivity index (χ4v) is 4.16. The highest BCUT2D eigenvalue weighted by Gasteiger charge is 2.23. The summed E-state index contributed by atoms with van der Waals surface area (Å²) in [6, 6.07) is 9.46. The van der Waals surface area contributed by atoms with Gasteiger partial charge in [-0.3, -0.25) is 14.4 Å². The zero-order valence-corrected chi connectivity index (χ0v) is 19.2. The van der Waals surface area contributed by atoms with Crippen LogP contribution in [0.3, 0.4) is 0 Å². The normalized spacial score (nSPS) is 15.7. The molecule has 3 rings (SSSR count). The molecule has 8 nitrogen and oxygen atoms in total. The van der Waals surface area contributed by atoms with Crippen LogP contribution in [0.5, 0.6) is 0 Å². The van der Waals surface area contributed by atoms with Gasteiger partial charge in [0.25, 0.3) is 0 Å². The number of urea groups is 1. The van der Waals surface area contributed by atoms with E-state index in [2.05, 4.69) is 39.8 Å². The maximum atomic E-state index is 12.4. The van der Waals surface area contributed by atoms with E-state index < -0.39 is 0 Å². The maximum Gasteiger partial charge on any atom is 0.315 e. The lowest BCUT2D eigenvalue weighted by molar-refractivity contribution is -0.116. The monoisotopic (exact) mass is 440 g/mol. The van der Waals surface area contributed by atoms with Crippen molar-refractivity contribution in [1.29, 1.82) is 0 Å². The molecular weight excluding hydrogens is 404 g/mol. The van der Waals surface area contributed by atoms with Gasteiger partial charge in [0.15, 0.2) is 0 Å². The summed E-state index contributed by atoms with van der Waals surface area (Å²) in [5.41, 5.74) is 1.62. The number of carbonyl (C=O) groups excluding carboxylic acids is 2. The Labute approximate surface area is 190 Å². The fraction of sp³-hybridized carbons (Fsp3) is 0.542. The average molecular weight is 441 g/mol. The van der Waals surface area contributed by atoms with Crippen molar-refractivity contribution in [3.8, 4) is 0 Å². The Morgan fingerprint density at radius 1 is 1.06 bits per heavy atom. The van der Waals surface area contributed by atoms with Crippen molar-refractivity contribution in [2.75, 3.05) is 25.0 Å². The SMILES string of the molecule is CC(C)C(CNC(=O)NCc1cccc(NC(=O)Cn2cccn2)c1)N1CCCCCC1. The molecule has 8 heteroatoms. The van der Waals surface area contributed by atoms with Crippen LogP contribution in [0.2, 0.25) is 0 Å². The molecule has 1 aromatic carbocycles. The van der Waals surface area contributed by atoms with Gasteiger partial charge >= 0.3 is 6.03 Å². The molecule has 1 aliphatic heterocycles. The highest BCUT2D eigenvalue weighted by atomic mass is 16.2. The first-order valence-electron chi connectivity index (χ1n) is 11.6. The smallest absolute Gasteiger partial charge is 0.315 e. The van der Waals surface area contributed by atoms with Crippen LogP contribution in [0.1, 0.15) is 45.1 Å². The van der Waals surface area contributed by atoms with Gasteiger partial charge in [-0.15, -0.1) is 0 Å². The maximum absolute atomic E-state index is 12.4. The van der Waals surface area contributed by atoms with E-state index >= 15 is 0 Å². The quantitative estimate of drug-likeness (QED) is 0.558. The van der Waals surface area contributed by atoms with Crippen molar-refractivity contribution >= 4 is 17.6 Å². The summed E-state index contributed by atoms with van der Waals surface area (Å²) in [5.74, 6) is 0.334. The van der Waals surface area contributed by atoms with E-state index in [1.165, 1.54) is 25.7 Å². The number of rotatable bonds is 9. The predicted molar refractivity (Wildman–Crippen MR) is 126 cm³/mol. The third-order valence-electron chi connectivity index (χ3n) is 5.88. The lowest BCUT2D eigenvalue weighted by Gasteiger charge is -2.33. The minimum atomic E-state index is -0.168. The molecule has 1 aromatic heterocycles. The van der Waals surface area contributed by atoms with Gasteiger partial charge in [-0.1, -0.05) is 38.8 Å². The second-order valence-electron chi connectivity index (χ2n) is 8.78. The number of nitrogens with zero attached hydrogens (tertiary/aromatic N) is 3. The largest absolute Gasteiger partial charge is 0.337 e. The van der Waals surface area contributed by atoms with Gasteiger partial charge in [0.2, 0.25) is 5.91 Å². The molecule has 3 amide bonds. The number of nitrogens with one attached hydrogen (secondary N) is 3. The minimum Gasteiger partial charge on any atom is -0.337 e. The first-order chi connectivity index (χ1) is 15.5. The van der Waals surface area contributed by atoms with E-state index in [9.17, 15) is 9.59 Å². The van der Waals surface area contributed by atoms with Crippen LogP contribution >= 0.6 is 0 Å². The molecule has 174 valence electrons.